The van der Waals surface area contributed by atoms with E-state index in [1.807, 2.05) is 39.4 Å². The number of hydrogen-bond donors (Lipinski definition) is 1. The van der Waals surface area contributed by atoms with E-state index in [0.717, 1.165) is 109 Å². The lowest BCUT2D eigenvalue weighted by molar-refractivity contribution is -0.870. The Morgan fingerprint density at radius 1 is 0.481 bits per heavy atom. The predicted octanol–water partition coefficient (Wildman–Crippen LogP) is 18.9. The maximum atomic E-state index is 13.5. The highest BCUT2D eigenvalue weighted by Gasteiger charge is 2.27. The number of phosphoric acid groups is 1. The van der Waals surface area contributed by atoms with E-state index in [2.05, 4.69) is 105 Å². The van der Waals surface area contributed by atoms with E-state index in [4.69, 9.17) is 13.8 Å². The van der Waals surface area contributed by atoms with Crippen molar-refractivity contribution in [2.45, 2.75) is 277 Å². The van der Waals surface area contributed by atoms with Gasteiger partial charge in [-0.25, -0.2) is 0 Å². The normalized spacial score (nSPS) is 14.3. The molecular weight excluding hydrogens is 976 g/mol. The Bertz CT molecular complexity index is 1640. The fraction of sp³-hybridized carbons (Fsp3) is 0.731. The molecule has 0 aliphatic heterocycles. The standard InChI is InChI=1S/C67H119N2O7P/c1-7-10-13-16-19-22-25-28-29-30-31-32-33-34-35-36-37-38-39-42-45-48-51-54-57-60-67(71)76-65(58-55-52-49-46-43-40-26-23-20-17-14-11-8-2)64(63-75-77(72,73)74-62-61-69(4,5)6)68-66(70)59-56-53-50-47-44-41-27-24-21-18-15-12-9-3/h12,15,18-19,21-22,24,27-29,31-32,34-35,55,58,64-65H,7-11,13-14,16-17,20,23,25-26,30,33,36-54,56-57,59-63H2,1-6H3,(H-,68,70,72,73)/b15-12+,21-18+,22-19-,27-24-,29-28-,32-31-,35-34-,58-55-. The molecule has 0 aliphatic carbocycles. The van der Waals surface area contributed by atoms with Crippen molar-refractivity contribution >= 4 is 19.7 Å². The van der Waals surface area contributed by atoms with Gasteiger partial charge in [-0.1, -0.05) is 253 Å². The van der Waals surface area contributed by atoms with Crippen molar-refractivity contribution in [2.24, 2.45) is 0 Å². The van der Waals surface area contributed by atoms with Crippen molar-refractivity contribution in [1.82, 2.24) is 5.32 Å². The van der Waals surface area contributed by atoms with E-state index >= 15 is 0 Å². The monoisotopic (exact) mass is 1090 g/mol. The average Bonchev–Trinajstić information content (AvgIpc) is 3.39. The maximum absolute atomic E-state index is 13.5. The van der Waals surface area contributed by atoms with E-state index < -0.39 is 26.6 Å². The van der Waals surface area contributed by atoms with Crippen LogP contribution in [0.4, 0.5) is 0 Å². The highest BCUT2D eigenvalue weighted by atomic mass is 31.2. The van der Waals surface area contributed by atoms with Crippen LogP contribution in [0.3, 0.4) is 0 Å². The third kappa shape index (κ3) is 57.4. The Morgan fingerprint density at radius 2 is 0.883 bits per heavy atom. The third-order valence-corrected chi connectivity index (χ3v) is 14.5. The lowest BCUT2D eigenvalue weighted by atomic mass is 10.0. The molecule has 77 heavy (non-hydrogen) atoms. The molecule has 3 atom stereocenters. The molecule has 0 fully saturated rings. The number of unbranched alkanes of at least 4 members (excludes halogenated alkanes) is 28. The van der Waals surface area contributed by atoms with Gasteiger partial charge in [0.1, 0.15) is 19.3 Å². The van der Waals surface area contributed by atoms with E-state index in [1.165, 1.54) is 116 Å². The highest BCUT2D eigenvalue weighted by Crippen LogP contribution is 2.38. The van der Waals surface area contributed by atoms with Crippen LogP contribution in [0.15, 0.2) is 97.2 Å². The molecule has 0 bridgehead atoms. The van der Waals surface area contributed by atoms with Gasteiger partial charge in [-0.05, 0) is 96.0 Å². The third-order valence-electron chi connectivity index (χ3n) is 13.6. The Labute approximate surface area is 475 Å². The van der Waals surface area contributed by atoms with Gasteiger partial charge < -0.3 is 28.5 Å². The fourth-order valence-corrected chi connectivity index (χ4v) is 9.40. The van der Waals surface area contributed by atoms with Gasteiger partial charge in [0.25, 0.3) is 7.82 Å². The van der Waals surface area contributed by atoms with Crippen molar-refractivity contribution in [3.8, 4) is 0 Å². The molecule has 3 unspecified atom stereocenters. The Hall–Kier alpha value is -3.07. The molecule has 0 aliphatic rings. The van der Waals surface area contributed by atoms with Gasteiger partial charge in [0.15, 0.2) is 0 Å². The van der Waals surface area contributed by atoms with E-state index in [9.17, 15) is 19.0 Å². The first-order chi connectivity index (χ1) is 37.4. The van der Waals surface area contributed by atoms with Gasteiger partial charge in [0.2, 0.25) is 5.91 Å². The minimum absolute atomic E-state index is 0.0319. The minimum atomic E-state index is -4.71. The summed E-state index contributed by atoms with van der Waals surface area (Å²) in [6.07, 6.45) is 75.2. The first-order valence-corrected chi connectivity index (χ1v) is 33.0. The number of likely N-dealkylation sites (N-methyl/N-ethyl adjacent to an activating group) is 1. The van der Waals surface area contributed by atoms with E-state index in [-0.39, 0.29) is 31.3 Å². The summed E-state index contributed by atoms with van der Waals surface area (Å²) in [5.74, 6) is -0.574. The van der Waals surface area contributed by atoms with Crippen molar-refractivity contribution in [1.29, 1.82) is 0 Å². The second-order valence-corrected chi connectivity index (χ2v) is 23.6. The molecule has 0 spiro atoms. The zero-order valence-corrected chi connectivity index (χ0v) is 51.5. The number of quaternary nitrogens is 1. The lowest BCUT2D eigenvalue weighted by Crippen LogP contribution is -2.47. The number of esters is 1. The van der Waals surface area contributed by atoms with Crippen LogP contribution in [0, 0.1) is 0 Å². The van der Waals surface area contributed by atoms with Crippen molar-refractivity contribution < 1.29 is 37.3 Å². The van der Waals surface area contributed by atoms with Gasteiger partial charge in [0.05, 0.1) is 33.8 Å². The molecule has 0 aromatic heterocycles. The zero-order chi connectivity index (χ0) is 56.4. The van der Waals surface area contributed by atoms with Crippen LogP contribution in [0.1, 0.15) is 265 Å². The molecule has 0 aromatic carbocycles. The molecule has 9 nitrogen and oxygen atoms in total. The first kappa shape index (κ1) is 73.9. The van der Waals surface area contributed by atoms with E-state index in [1.54, 1.807) is 0 Å². The molecular formula is C67H119N2O7P. The van der Waals surface area contributed by atoms with E-state index in [0.29, 0.717) is 17.4 Å². The summed E-state index contributed by atoms with van der Waals surface area (Å²) < 4.78 is 30.3. The van der Waals surface area contributed by atoms with Crippen molar-refractivity contribution in [2.75, 3.05) is 40.9 Å². The highest BCUT2D eigenvalue weighted by molar-refractivity contribution is 7.45. The fourth-order valence-electron chi connectivity index (χ4n) is 8.68. The predicted molar refractivity (Wildman–Crippen MR) is 330 cm³/mol. The van der Waals surface area contributed by atoms with Gasteiger partial charge in [-0.3, -0.25) is 14.2 Å². The van der Waals surface area contributed by atoms with Gasteiger partial charge in [0, 0.05) is 12.8 Å². The molecule has 0 saturated heterocycles. The molecule has 1 N–H and O–H groups in total. The Morgan fingerprint density at radius 3 is 1.38 bits per heavy atom. The number of carbonyl (C=O) groups excluding carboxylic acids is 2. The molecule has 10 heteroatoms. The number of rotatable bonds is 56. The summed E-state index contributed by atoms with van der Waals surface area (Å²) in [6.45, 7) is 6.66. The zero-order valence-electron chi connectivity index (χ0n) is 50.6. The number of phosphoric ester groups is 1. The number of hydrogen-bond acceptors (Lipinski definition) is 7. The summed E-state index contributed by atoms with van der Waals surface area (Å²) in [5.41, 5.74) is 0. The number of allylic oxidation sites excluding steroid dienone is 15. The van der Waals surface area contributed by atoms with Gasteiger partial charge >= 0.3 is 5.97 Å². The summed E-state index contributed by atoms with van der Waals surface area (Å²) >= 11 is 0. The van der Waals surface area contributed by atoms with Crippen molar-refractivity contribution in [3.63, 3.8) is 0 Å². The van der Waals surface area contributed by atoms with Gasteiger partial charge in [-0.2, -0.15) is 0 Å². The topological polar surface area (TPSA) is 114 Å². The number of ether oxygens (including phenoxy) is 1. The average molecular weight is 1100 g/mol. The minimum Gasteiger partial charge on any atom is -0.756 e. The number of nitrogens with zero attached hydrogens (tertiary/aromatic N) is 1. The number of amides is 1. The largest absolute Gasteiger partial charge is 0.756 e. The number of nitrogens with one attached hydrogen (secondary N) is 1. The molecule has 0 radical (unpaired) electrons. The van der Waals surface area contributed by atoms with Crippen molar-refractivity contribution in [3.05, 3.63) is 97.2 Å². The lowest BCUT2D eigenvalue weighted by Gasteiger charge is -2.30. The second kappa shape index (κ2) is 56.2. The van der Waals surface area contributed by atoms with Crippen LogP contribution in [0.5, 0.6) is 0 Å². The molecule has 0 aromatic rings. The quantitative estimate of drug-likeness (QED) is 0.0161. The smallest absolute Gasteiger partial charge is 0.306 e. The van der Waals surface area contributed by atoms with Crippen LogP contribution >= 0.6 is 7.82 Å². The van der Waals surface area contributed by atoms with Crippen LogP contribution in [-0.2, 0) is 27.9 Å². The SMILES string of the molecule is CC/C=C/C=C/C=C\CCCCCCCC(=O)NC(COP(=O)([O-])OCC[N+](C)(C)C)C(/C=C\CCCCCCCCCCCCC)OC(=O)CCCCCCCCCCC/C=C\C/C=C\C/C=C\C/C=C\CCCCC. The number of carbonyl (C=O) groups is 2. The maximum Gasteiger partial charge on any atom is 0.306 e. The van der Waals surface area contributed by atoms with Crippen LogP contribution in [-0.4, -0.2) is 69.4 Å². The summed E-state index contributed by atoms with van der Waals surface area (Å²) in [6, 6.07) is -0.906. The Balaban J connectivity index is 5.20. The molecule has 0 heterocycles. The summed E-state index contributed by atoms with van der Waals surface area (Å²) in [4.78, 5) is 40.0. The van der Waals surface area contributed by atoms with Gasteiger partial charge in [-0.15, -0.1) is 0 Å². The first-order valence-electron chi connectivity index (χ1n) is 31.6. The van der Waals surface area contributed by atoms with Crippen LogP contribution in [0.25, 0.3) is 0 Å². The summed E-state index contributed by atoms with van der Waals surface area (Å²) in [5, 5.41) is 3.01. The summed E-state index contributed by atoms with van der Waals surface area (Å²) in [7, 11) is 1.16. The molecule has 0 rings (SSSR count). The molecule has 1 amide bonds. The Kier molecular flexibility index (Phi) is 54.0. The van der Waals surface area contributed by atoms with Crippen LogP contribution < -0.4 is 10.2 Å². The van der Waals surface area contributed by atoms with Crippen LogP contribution in [0.2, 0.25) is 0 Å². The molecule has 0 saturated carbocycles. The second-order valence-electron chi connectivity index (χ2n) is 22.2. The molecule has 444 valence electrons.